The van der Waals surface area contributed by atoms with Crippen LogP contribution >= 0.6 is 35.1 Å². The van der Waals surface area contributed by atoms with Gasteiger partial charge in [-0.1, -0.05) is 23.7 Å². The Morgan fingerprint density at radius 1 is 1.26 bits per heavy atom. The summed E-state index contributed by atoms with van der Waals surface area (Å²) < 4.78 is 13.5. The molecular weight excluding hydrogens is 303 g/mol. The molecular formula is C13H10ClFN2S2. The second-order valence-electron chi connectivity index (χ2n) is 4.07. The Labute approximate surface area is 124 Å². The average Bonchev–Trinajstić information content (AvgIpc) is 2.87. The summed E-state index contributed by atoms with van der Waals surface area (Å²) in [7, 11) is 0. The summed E-state index contributed by atoms with van der Waals surface area (Å²) in [5.41, 5.74) is 2.07. The Bertz CT molecular complexity index is 622. The van der Waals surface area contributed by atoms with E-state index in [2.05, 4.69) is 9.97 Å². The minimum Gasteiger partial charge on any atom is -0.236 e. The summed E-state index contributed by atoms with van der Waals surface area (Å²) in [5, 5.41) is 0.541. The van der Waals surface area contributed by atoms with Crippen LogP contribution in [0.1, 0.15) is 17.1 Å². The quantitative estimate of drug-likeness (QED) is 0.623. The van der Waals surface area contributed by atoms with Gasteiger partial charge in [0.15, 0.2) is 0 Å². The van der Waals surface area contributed by atoms with Crippen LogP contribution in [-0.4, -0.2) is 9.97 Å². The first-order chi connectivity index (χ1) is 9.24. The molecule has 2 nitrogen and oxygen atoms in total. The molecule has 0 spiro atoms. The summed E-state index contributed by atoms with van der Waals surface area (Å²) in [5.74, 6) is 2.75. The normalized spacial score (nSPS) is 13.6. The zero-order chi connectivity index (χ0) is 13.2. The van der Waals surface area contributed by atoms with E-state index in [1.54, 1.807) is 23.9 Å². The number of rotatable bonds is 3. The van der Waals surface area contributed by atoms with E-state index < -0.39 is 0 Å². The lowest BCUT2D eigenvalue weighted by Gasteiger charge is -2.05. The van der Waals surface area contributed by atoms with E-state index in [0.29, 0.717) is 21.6 Å². The number of thioether (sulfide) groups is 2. The van der Waals surface area contributed by atoms with Gasteiger partial charge in [-0.05, 0) is 12.1 Å². The van der Waals surface area contributed by atoms with Crippen LogP contribution in [0.2, 0.25) is 5.15 Å². The Morgan fingerprint density at radius 2 is 2.11 bits per heavy atom. The van der Waals surface area contributed by atoms with Gasteiger partial charge in [-0.25, -0.2) is 14.4 Å². The van der Waals surface area contributed by atoms with Crippen molar-refractivity contribution in [3.8, 4) is 0 Å². The zero-order valence-electron chi connectivity index (χ0n) is 9.90. The van der Waals surface area contributed by atoms with Crippen molar-refractivity contribution in [2.75, 3.05) is 0 Å². The molecule has 3 rings (SSSR count). The van der Waals surface area contributed by atoms with Gasteiger partial charge in [0.2, 0.25) is 0 Å². The maximum Gasteiger partial charge on any atom is 0.140 e. The van der Waals surface area contributed by atoms with Crippen molar-refractivity contribution in [1.82, 2.24) is 9.97 Å². The van der Waals surface area contributed by atoms with Gasteiger partial charge in [0.25, 0.3) is 0 Å². The summed E-state index contributed by atoms with van der Waals surface area (Å²) >= 11 is 9.32. The van der Waals surface area contributed by atoms with E-state index in [0.717, 1.165) is 22.8 Å². The van der Waals surface area contributed by atoms with Gasteiger partial charge >= 0.3 is 0 Å². The molecule has 0 saturated heterocycles. The third-order valence-electron chi connectivity index (χ3n) is 2.77. The van der Waals surface area contributed by atoms with Crippen molar-refractivity contribution >= 4 is 35.1 Å². The SMILES string of the molecule is Fc1ccccc1SCc1nc(Cl)c2c(n1)CSC2. The molecule has 0 bridgehead atoms. The molecule has 0 saturated carbocycles. The largest absolute Gasteiger partial charge is 0.236 e. The first-order valence-corrected chi connectivity index (χ1v) is 8.25. The highest BCUT2D eigenvalue weighted by Gasteiger charge is 2.18. The fourth-order valence-corrected chi connectivity index (χ4v) is 4.02. The summed E-state index contributed by atoms with van der Waals surface area (Å²) in [6.45, 7) is 0. The highest BCUT2D eigenvalue weighted by molar-refractivity contribution is 7.98. The van der Waals surface area contributed by atoms with E-state index in [1.807, 2.05) is 6.07 Å². The second kappa shape index (κ2) is 5.69. The number of halogens is 2. The predicted molar refractivity (Wildman–Crippen MR) is 78.0 cm³/mol. The fourth-order valence-electron chi connectivity index (χ4n) is 1.83. The monoisotopic (exact) mass is 312 g/mol. The van der Waals surface area contributed by atoms with Crippen LogP contribution in [0.15, 0.2) is 29.2 Å². The van der Waals surface area contributed by atoms with Gasteiger partial charge in [0, 0.05) is 22.0 Å². The molecule has 1 aliphatic rings. The number of fused-ring (bicyclic) bond motifs is 1. The first kappa shape index (κ1) is 13.2. The van der Waals surface area contributed by atoms with Crippen molar-refractivity contribution in [3.05, 3.63) is 52.3 Å². The van der Waals surface area contributed by atoms with Crippen molar-refractivity contribution in [2.45, 2.75) is 22.2 Å². The molecule has 0 amide bonds. The van der Waals surface area contributed by atoms with Crippen molar-refractivity contribution in [2.24, 2.45) is 0 Å². The van der Waals surface area contributed by atoms with Gasteiger partial charge < -0.3 is 0 Å². The van der Waals surface area contributed by atoms with Gasteiger partial charge in [0.1, 0.15) is 16.8 Å². The van der Waals surface area contributed by atoms with Crippen LogP contribution in [0.25, 0.3) is 0 Å². The van der Waals surface area contributed by atoms with Gasteiger partial charge in [-0.15, -0.1) is 11.8 Å². The minimum absolute atomic E-state index is 0.213. The van der Waals surface area contributed by atoms with Crippen LogP contribution in [0.4, 0.5) is 4.39 Å². The summed E-state index contributed by atoms with van der Waals surface area (Å²) in [4.78, 5) is 9.39. The third-order valence-corrected chi connectivity index (χ3v) is 5.09. The van der Waals surface area contributed by atoms with Crippen LogP contribution in [0.3, 0.4) is 0 Å². The van der Waals surface area contributed by atoms with Crippen LogP contribution in [0.5, 0.6) is 0 Å². The molecule has 1 aliphatic heterocycles. The zero-order valence-corrected chi connectivity index (χ0v) is 12.3. The molecule has 2 aromatic rings. The lowest BCUT2D eigenvalue weighted by molar-refractivity contribution is 0.602. The number of hydrogen-bond acceptors (Lipinski definition) is 4. The molecule has 2 heterocycles. The molecule has 0 aliphatic carbocycles. The first-order valence-electron chi connectivity index (χ1n) is 5.73. The van der Waals surface area contributed by atoms with Crippen molar-refractivity contribution in [3.63, 3.8) is 0 Å². The predicted octanol–water partition coefficient (Wildman–Crippen LogP) is 4.31. The maximum absolute atomic E-state index is 13.5. The molecule has 6 heteroatoms. The highest BCUT2D eigenvalue weighted by atomic mass is 35.5. The number of aromatic nitrogens is 2. The Balaban J connectivity index is 1.78. The molecule has 1 aromatic heterocycles. The van der Waals surface area contributed by atoms with Crippen LogP contribution in [-0.2, 0) is 17.3 Å². The standard InChI is InChI=1S/C13H10ClFN2S2/c14-13-8-5-18-6-10(8)16-12(17-13)7-19-11-4-2-1-3-9(11)15/h1-4H,5-7H2. The lowest BCUT2D eigenvalue weighted by Crippen LogP contribution is -2.00. The van der Waals surface area contributed by atoms with Gasteiger partial charge in [0.05, 0.1) is 11.4 Å². The van der Waals surface area contributed by atoms with Crippen molar-refractivity contribution in [1.29, 1.82) is 0 Å². The number of nitrogens with zero attached hydrogens (tertiary/aromatic N) is 2. The molecule has 1 aromatic carbocycles. The molecule has 0 radical (unpaired) electrons. The molecule has 0 atom stereocenters. The Morgan fingerprint density at radius 3 is 2.95 bits per heavy atom. The Kier molecular flexibility index (Phi) is 3.96. The smallest absolute Gasteiger partial charge is 0.140 e. The number of hydrogen-bond donors (Lipinski definition) is 0. The van der Waals surface area contributed by atoms with E-state index >= 15 is 0 Å². The van der Waals surface area contributed by atoms with E-state index in [1.165, 1.54) is 17.8 Å². The van der Waals surface area contributed by atoms with Crippen LogP contribution < -0.4 is 0 Å². The molecule has 0 unspecified atom stereocenters. The minimum atomic E-state index is -0.213. The lowest BCUT2D eigenvalue weighted by atomic mass is 10.3. The molecule has 0 N–H and O–H groups in total. The Hall–Kier alpha value is -0.780. The van der Waals surface area contributed by atoms with E-state index in [9.17, 15) is 4.39 Å². The second-order valence-corrected chi connectivity index (χ2v) is 6.43. The summed E-state index contributed by atoms with van der Waals surface area (Å²) in [6.07, 6.45) is 0. The van der Waals surface area contributed by atoms with Crippen molar-refractivity contribution < 1.29 is 4.39 Å². The highest BCUT2D eigenvalue weighted by Crippen LogP contribution is 2.33. The topological polar surface area (TPSA) is 25.8 Å². The van der Waals surface area contributed by atoms with Gasteiger partial charge in [-0.2, -0.15) is 11.8 Å². The van der Waals surface area contributed by atoms with Gasteiger partial charge in [-0.3, -0.25) is 0 Å². The molecule has 19 heavy (non-hydrogen) atoms. The van der Waals surface area contributed by atoms with E-state index in [-0.39, 0.29) is 5.82 Å². The molecule has 98 valence electrons. The molecule has 0 fully saturated rings. The average molecular weight is 313 g/mol. The van der Waals surface area contributed by atoms with Crippen LogP contribution in [0, 0.1) is 5.82 Å². The third kappa shape index (κ3) is 2.88. The summed E-state index contributed by atoms with van der Waals surface area (Å²) in [6, 6.07) is 6.71. The van der Waals surface area contributed by atoms with E-state index in [4.69, 9.17) is 11.6 Å². The fraction of sp³-hybridized carbons (Fsp3) is 0.231. The maximum atomic E-state index is 13.5. The number of benzene rings is 1.